The van der Waals surface area contributed by atoms with Crippen LogP contribution >= 0.6 is 0 Å². The molecule has 0 saturated carbocycles. The van der Waals surface area contributed by atoms with Gasteiger partial charge in [0.05, 0.1) is 0 Å². The van der Waals surface area contributed by atoms with Crippen molar-refractivity contribution < 1.29 is 8.50 Å². The van der Waals surface area contributed by atoms with E-state index in [0.29, 0.717) is 29.1 Å². The van der Waals surface area contributed by atoms with E-state index in [1.165, 1.54) is 75.9 Å². The quantitative estimate of drug-likeness (QED) is 0.0433. The number of anilines is 1. The summed E-state index contributed by atoms with van der Waals surface area (Å²) in [7, 11) is -0.688. The molecule has 6 rings (SSSR count). The molecule has 0 aliphatic heterocycles. The fourth-order valence-corrected chi connectivity index (χ4v) is 24.0. The molecule has 0 heterocycles. The molecule has 0 aliphatic rings. The summed E-state index contributed by atoms with van der Waals surface area (Å²) in [5.74, 6) is 1.22. The van der Waals surface area contributed by atoms with Crippen LogP contribution < -0.4 is 8.26 Å². The van der Waals surface area contributed by atoms with Crippen LogP contribution in [0.2, 0.25) is 16.6 Å². The van der Waals surface area contributed by atoms with Crippen LogP contribution in [0.15, 0.2) is 158 Å². The summed E-state index contributed by atoms with van der Waals surface area (Å²) >= 11 is -1.17. The Labute approximate surface area is 390 Å². The molecule has 63 heavy (non-hydrogen) atoms. The van der Waals surface area contributed by atoms with Gasteiger partial charge in [-0.3, -0.25) is 0 Å². The second-order valence-corrected chi connectivity index (χ2v) is 26.9. The maximum absolute atomic E-state index is 7.18. The van der Waals surface area contributed by atoms with E-state index in [0.717, 1.165) is 5.75 Å². The number of hydrogen-bond donors (Lipinski definition) is 0. The molecule has 0 unspecified atom stereocenters. The first-order chi connectivity index (χ1) is 30.5. The number of methoxy groups -OCH3 is 1. The van der Waals surface area contributed by atoms with Crippen LogP contribution in [0.1, 0.15) is 157 Å². The zero-order valence-electron chi connectivity index (χ0n) is 40.3. The molecule has 0 N–H and O–H groups in total. The molecule has 0 aliphatic carbocycles. The van der Waals surface area contributed by atoms with Crippen molar-refractivity contribution in [1.82, 2.24) is 0 Å². The topological polar surface area (TPSA) is 21.7 Å². The van der Waals surface area contributed by atoms with E-state index in [4.69, 9.17) is 8.50 Å². The molecule has 6 aromatic carbocycles. The summed E-state index contributed by atoms with van der Waals surface area (Å²) in [4.78, 5) is 0. The van der Waals surface area contributed by atoms with Gasteiger partial charge in [0, 0.05) is 0 Å². The van der Waals surface area contributed by atoms with Gasteiger partial charge in [-0.1, -0.05) is 39.5 Å². The predicted octanol–water partition coefficient (Wildman–Crippen LogP) is 16.5. The summed E-state index contributed by atoms with van der Waals surface area (Å²) in [6.07, 6.45) is 5.54. The van der Waals surface area contributed by atoms with Crippen molar-refractivity contribution in [2.45, 2.75) is 136 Å². The van der Waals surface area contributed by atoms with E-state index >= 15 is 0 Å². The molecule has 0 amide bonds. The SMILES string of the molecule is CCCCCC.COc1ccc(C[O][Ge][N](c2c(C(c3ccccc3)c3ccccc3)cc(C(C)C)cc2C(c2ccccc2)c2ccccc2)[Si](C(C)C)(C(C)C)C(C)C)cc1. The van der Waals surface area contributed by atoms with Crippen LogP contribution in [-0.2, 0) is 10.4 Å². The Hall–Kier alpha value is -4.36. The number of nitrogens with zero attached hydrogens (tertiary/aromatic N) is 1. The minimum atomic E-state index is -2.41. The fourth-order valence-electron chi connectivity index (χ4n) is 9.92. The third kappa shape index (κ3) is 12.3. The van der Waals surface area contributed by atoms with Gasteiger partial charge in [-0.05, 0) is 0 Å². The van der Waals surface area contributed by atoms with Crippen LogP contribution in [0.4, 0.5) is 5.69 Å². The molecule has 0 fully saturated rings. The average molecular weight is 919 g/mol. The first-order valence-electron chi connectivity index (χ1n) is 23.7. The van der Waals surface area contributed by atoms with Gasteiger partial charge in [0.15, 0.2) is 0 Å². The van der Waals surface area contributed by atoms with Gasteiger partial charge in [-0.15, -0.1) is 0 Å². The van der Waals surface area contributed by atoms with E-state index in [9.17, 15) is 0 Å². The Bertz CT molecular complexity index is 1980. The van der Waals surface area contributed by atoms with Crippen LogP contribution in [0.25, 0.3) is 0 Å². The maximum atomic E-state index is 7.18. The molecule has 2 radical (unpaired) electrons. The Morgan fingerprint density at radius 3 is 1.16 bits per heavy atom. The summed E-state index contributed by atoms with van der Waals surface area (Å²) in [5, 5.41) is 0. The Morgan fingerprint density at radius 1 is 0.492 bits per heavy atom. The first kappa shape index (κ1) is 49.7. The second-order valence-electron chi connectivity index (χ2n) is 18.3. The van der Waals surface area contributed by atoms with Crippen LogP contribution in [0.3, 0.4) is 0 Å². The van der Waals surface area contributed by atoms with Gasteiger partial charge >= 0.3 is 353 Å². The second kappa shape index (κ2) is 24.6. The van der Waals surface area contributed by atoms with Crippen molar-refractivity contribution in [3.8, 4) is 5.75 Å². The summed E-state index contributed by atoms with van der Waals surface area (Å²) in [6, 6.07) is 58.3. The molecule has 0 aromatic heterocycles. The standard InChI is InChI=1S/C52H61GeNO2Si.C6H14/c1-37(2)46-34-48(50(42-22-14-10-15-23-42)43-24-16-11-17-25-43)52(49(35-46)51(44-26-18-12-19-27-44)45-28-20-13-21-29-45)54(57(38(3)4,39(5)6)40(7)8)53-56-36-41-30-32-47(55-9)33-31-41;1-3-5-6-4-2/h10-35,37-40,50-51H,36H2,1-9H3;3-6H2,1-2H3. The van der Waals surface area contributed by atoms with Gasteiger partial charge in [-0.25, -0.2) is 0 Å². The van der Waals surface area contributed by atoms with E-state index < -0.39 is 24.2 Å². The monoisotopic (exact) mass is 919 g/mol. The normalized spacial score (nSPS) is 11.8. The van der Waals surface area contributed by atoms with Crippen molar-refractivity contribution >= 4 is 29.9 Å². The Kier molecular flexibility index (Phi) is 19.4. The van der Waals surface area contributed by atoms with Crippen molar-refractivity contribution in [2.75, 3.05) is 10.6 Å². The predicted molar refractivity (Wildman–Crippen MR) is 275 cm³/mol. The fraction of sp³-hybridized carbons (Fsp3) is 0.379. The van der Waals surface area contributed by atoms with Gasteiger partial charge in [0.2, 0.25) is 0 Å². The average Bonchev–Trinajstić information content (AvgIpc) is 3.29. The zero-order valence-corrected chi connectivity index (χ0v) is 43.4. The third-order valence-corrected chi connectivity index (χ3v) is 23.8. The van der Waals surface area contributed by atoms with E-state index in [2.05, 4.69) is 218 Å². The molecule has 332 valence electrons. The molecule has 0 saturated heterocycles. The molecule has 6 aromatic rings. The number of benzene rings is 6. The number of unbranched alkanes of at least 4 members (excludes halogenated alkanes) is 3. The van der Waals surface area contributed by atoms with Crippen LogP contribution in [-0.4, -0.2) is 31.3 Å². The Morgan fingerprint density at radius 2 is 0.857 bits per heavy atom. The van der Waals surface area contributed by atoms with E-state index in [1.54, 1.807) is 7.11 Å². The molecule has 0 atom stereocenters. The molecule has 5 heteroatoms. The van der Waals surface area contributed by atoms with Gasteiger partial charge in [0.25, 0.3) is 0 Å². The number of ether oxygens (including phenoxy) is 1. The van der Waals surface area contributed by atoms with Crippen molar-refractivity contribution in [1.29, 1.82) is 0 Å². The first-order valence-corrected chi connectivity index (χ1v) is 27.6. The van der Waals surface area contributed by atoms with E-state index in [1.807, 2.05) is 12.1 Å². The van der Waals surface area contributed by atoms with Gasteiger partial charge < -0.3 is 0 Å². The minimum absolute atomic E-state index is 0.0147. The van der Waals surface area contributed by atoms with Crippen molar-refractivity contribution in [3.05, 3.63) is 202 Å². The zero-order chi connectivity index (χ0) is 45.4. The summed E-state index contributed by atoms with van der Waals surface area (Å²) in [5.41, 5.74) is 13.3. The van der Waals surface area contributed by atoms with E-state index in [-0.39, 0.29) is 11.8 Å². The third-order valence-electron chi connectivity index (χ3n) is 12.9. The van der Waals surface area contributed by atoms with Gasteiger partial charge in [-0.2, -0.15) is 0 Å². The molecule has 0 spiro atoms. The summed E-state index contributed by atoms with van der Waals surface area (Å²) < 4.78 is 15.7. The number of rotatable bonds is 20. The molecule has 3 nitrogen and oxygen atoms in total. The molecule has 0 bridgehead atoms. The molecular weight excluding hydrogens is 843 g/mol. The van der Waals surface area contributed by atoms with Crippen LogP contribution in [0, 0.1) is 0 Å². The van der Waals surface area contributed by atoms with Gasteiger partial charge in [0.1, 0.15) is 0 Å². The van der Waals surface area contributed by atoms with Crippen molar-refractivity contribution in [2.24, 2.45) is 0 Å². The van der Waals surface area contributed by atoms with Crippen molar-refractivity contribution in [3.63, 3.8) is 0 Å². The summed E-state index contributed by atoms with van der Waals surface area (Å²) in [6.45, 7) is 24.7. The number of hydrogen-bond acceptors (Lipinski definition) is 3. The van der Waals surface area contributed by atoms with Crippen LogP contribution in [0.5, 0.6) is 5.75 Å². The molecular formula is C58H75GeNO2Si. The Balaban J connectivity index is 0.00000116.